The third-order valence-corrected chi connectivity index (χ3v) is 7.15. The number of primary sulfonamides is 1. The Hall–Kier alpha value is -3.16. The summed E-state index contributed by atoms with van der Waals surface area (Å²) in [6, 6.07) is 11.1. The first-order valence-corrected chi connectivity index (χ1v) is 12.4. The zero-order valence-electron chi connectivity index (χ0n) is 18.2. The fourth-order valence-electron chi connectivity index (χ4n) is 4.43. The van der Waals surface area contributed by atoms with Crippen LogP contribution in [0.4, 0.5) is 15.8 Å². The van der Waals surface area contributed by atoms with Crippen LogP contribution in [-0.2, 0) is 21.2 Å². The molecule has 2 heterocycles. The summed E-state index contributed by atoms with van der Waals surface area (Å²) in [5.41, 5.74) is 2.21. The van der Waals surface area contributed by atoms with E-state index in [2.05, 4.69) is 4.90 Å². The first-order chi connectivity index (χ1) is 15.8. The van der Waals surface area contributed by atoms with Gasteiger partial charge in [-0.1, -0.05) is 0 Å². The number of hydrogen-bond donors (Lipinski definition) is 1. The van der Waals surface area contributed by atoms with Gasteiger partial charge in [-0.25, -0.2) is 17.9 Å². The topological polar surface area (TPSA) is 111 Å². The van der Waals surface area contributed by atoms with Gasteiger partial charge in [-0.2, -0.15) is 5.26 Å². The maximum atomic E-state index is 14.0. The molecule has 2 N–H and O–H groups in total. The zero-order valence-corrected chi connectivity index (χ0v) is 19.0. The summed E-state index contributed by atoms with van der Waals surface area (Å²) in [7, 11) is -3.87. The van der Waals surface area contributed by atoms with E-state index in [0.717, 1.165) is 31.6 Å². The summed E-state index contributed by atoms with van der Waals surface area (Å²) < 4.78 is 37.7. The van der Waals surface area contributed by atoms with Gasteiger partial charge in [-0.15, -0.1) is 0 Å². The van der Waals surface area contributed by atoms with Crippen molar-refractivity contribution >= 4 is 27.3 Å². The number of piperazine rings is 1. The van der Waals surface area contributed by atoms with Gasteiger partial charge >= 0.3 is 0 Å². The number of carbonyl (C=O) groups excluding carboxylic acids is 1. The summed E-state index contributed by atoms with van der Waals surface area (Å²) in [5, 5.41) is 14.2. The van der Waals surface area contributed by atoms with Gasteiger partial charge in [0.1, 0.15) is 11.9 Å². The molecule has 0 saturated carbocycles. The molecule has 2 aliphatic heterocycles. The highest BCUT2D eigenvalue weighted by molar-refractivity contribution is 7.89. The third-order valence-electron chi connectivity index (χ3n) is 6.24. The molecule has 1 amide bonds. The van der Waals surface area contributed by atoms with Crippen molar-refractivity contribution in [3.63, 3.8) is 0 Å². The molecule has 0 atom stereocenters. The summed E-state index contributed by atoms with van der Waals surface area (Å²) in [5.74, 6) is -0.648. The van der Waals surface area contributed by atoms with E-state index in [1.54, 1.807) is 17.0 Å². The minimum absolute atomic E-state index is 0.000841. The van der Waals surface area contributed by atoms with E-state index in [1.165, 1.54) is 24.3 Å². The summed E-state index contributed by atoms with van der Waals surface area (Å²) in [6.45, 7) is 3.74. The molecule has 0 aliphatic carbocycles. The van der Waals surface area contributed by atoms with Crippen molar-refractivity contribution in [2.45, 2.75) is 24.2 Å². The van der Waals surface area contributed by atoms with E-state index in [1.807, 2.05) is 11.0 Å². The van der Waals surface area contributed by atoms with Gasteiger partial charge in [-0.3, -0.25) is 4.79 Å². The average Bonchev–Trinajstić information content (AvgIpc) is 3.33. The Morgan fingerprint density at radius 1 is 1.00 bits per heavy atom. The Morgan fingerprint density at radius 2 is 1.70 bits per heavy atom. The van der Waals surface area contributed by atoms with Gasteiger partial charge in [0, 0.05) is 50.6 Å². The van der Waals surface area contributed by atoms with E-state index in [9.17, 15) is 17.6 Å². The minimum atomic E-state index is -3.87. The number of hydrogen-bond acceptors (Lipinski definition) is 6. The lowest BCUT2D eigenvalue weighted by atomic mass is 10.1. The van der Waals surface area contributed by atoms with Crippen molar-refractivity contribution in [3.05, 3.63) is 53.3 Å². The number of rotatable bonds is 5. The Bertz CT molecular complexity index is 1200. The second-order valence-electron chi connectivity index (χ2n) is 8.35. The van der Waals surface area contributed by atoms with Crippen molar-refractivity contribution < 1.29 is 17.6 Å². The number of nitriles is 1. The molecular formula is C23H26FN5O3S. The smallest absolute Gasteiger partial charge is 0.238 e. The molecule has 33 heavy (non-hydrogen) atoms. The molecule has 0 bridgehead atoms. The first kappa shape index (κ1) is 23.0. The fraction of sp³-hybridized carbons (Fsp3) is 0.391. The molecule has 2 fully saturated rings. The first-order valence-electron chi connectivity index (χ1n) is 10.9. The average molecular weight is 472 g/mol. The molecule has 174 valence electrons. The standard InChI is InChI=1S/C23H26FN5O3S/c24-21-15-19(4-3-17(21)16-25)27-9-11-29(12-10-27)23(30)14-18-13-20(33(26,31)32)5-6-22(18)28-7-1-2-8-28/h3-6,13,15H,1-2,7-12,14H2,(H2,26,31,32). The number of carbonyl (C=O) groups is 1. The highest BCUT2D eigenvalue weighted by Gasteiger charge is 2.25. The highest BCUT2D eigenvalue weighted by Crippen LogP contribution is 2.28. The van der Waals surface area contributed by atoms with Crippen LogP contribution >= 0.6 is 0 Å². The molecule has 4 rings (SSSR count). The monoisotopic (exact) mass is 471 g/mol. The molecule has 8 nitrogen and oxygen atoms in total. The predicted molar refractivity (Wildman–Crippen MR) is 123 cm³/mol. The second kappa shape index (κ2) is 9.37. The van der Waals surface area contributed by atoms with Crippen molar-refractivity contribution in [1.29, 1.82) is 5.26 Å². The third kappa shape index (κ3) is 5.10. The second-order valence-corrected chi connectivity index (χ2v) is 9.91. The molecule has 0 aromatic heterocycles. The number of nitrogens with two attached hydrogens (primary N) is 1. The number of sulfonamides is 1. The van der Waals surface area contributed by atoms with Gasteiger partial charge in [0.15, 0.2) is 0 Å². The Balaban J connectivity index is 1.46. The zero-order chi connectivity index (χ0) is 23.6. The fourth-order valence-corrected chi connectivity index (χ4v) is 4.99. The van der Waals surface area contributed by atoms with Crippen LogP contribution in [0, 0.1) is 17.1 Å². The predicted octanol–water partition coefficient (Wildman–Crippen LogP) is 1.84. The summed E-state index contributed by atoms with van der Waals surface area (Å²) >= 11 is 0. The SMILES string of the molecule is N#Cc1ccc(N2CCN(C(=O)Cc3cc(S(N)(=O)=O)ccc3N3CCCC3)CC2)cc1F. The van der Waals surface area contributed by atoms with E-state index in [-0.39, 0.29) is 22.8 Å². The van der Waals surface area contributed by atoms with Crippen LogP contribution in [0.5, 0.6) is 0 Å². The molecule has 2 saturated heterocycles. The summed E-state index contributed by atoms with van der Waals surface area (Å²) in [4.78, 5) is 19.0. The van der Waals surface area contributed by atoms with Gasteiger partial charge < -0.3 is 14.7 Å². The van der Waals surface area contributed by atoms with Gasteiger partial charge in [-0.05, 0) is 54.8 Å². The Morgan fingerprint density at radius 3 is 2.30 bits per heavy atom. The molecule has 10 heteroatoms. The van der Waals surface area contributed by atoms with E-state index in [4.69, 9.17) is 10.4 Å². The Kier molecular flexibility index (Phi) is 6.54. The lowest BCUT2D eigenvalue weighted by molar-refractivity contribution is -0.130. The van der Waals surface area contributed by atoms with Crippen LogP contribution in [-0.4, -0.2) is 58.5 Å². The highest BCUT2D eigenvalue weighted by atomic mass is 32.2. The van der Waals surface area contributed by atoms with Gasteiger partial charge in [0.2, 0.25) is 15.9 Å². The van der Waals surface area contributed by atoms with Crippen LogP contribution in [0.3, 0.4) is 0 Å². The van der Waals surface area contributed by atoms with Crippen molar-refractivity contribution in [1.82, 2.24) is 4.90 Å². The van der Waals surface area contributed by atoms with Crippen molar-refractivity contribution in [3.8, 4) is 6.07 Å². The summed E-state index contributed by atoms with van der Waals surface area (Å²) in [6.07, 6.45) is 2.20. The van der Waals surface area contributed by atoms with Crippen LogP contribution in [0.15, 0.2) is 41.3 Å². The molecule has 2 aromatic rings. The maximum Gasteiger partial charge on any atom is 0.238 e. The lowest BCUT2D eigenvalue weighted by Gasteiger charge is -2.36. The van der Waals surface area contributed by atoms with E-state index >= 15 is 0 Å². The van der Waals surface area contributed by atoms with E-state index in [0.29, 0.717) is 37.4 Å². The van der Waals surface area contributed by atoms with Gasteiger partial charge in [0.05, 0.1) is 16.9 Å². The number of nitrogens with zero attached hydrogens (tertiary/aromatic N) is 4. The van der Waals surface area contributed by atoms with Gasteiger partial charge in [0.25, 0.3) is 0 Å². The normalized spacial score (nSPS) is 16.7. The Labute approximate surface area is 193 Å². The number of anilines is 2. The molecule has 0 unspecified atom stereocenters. The quantitative estimate of drug-likeness (QED) is 0.712. The molecule has 2 aliphatic rings. The van der Waals surface area contributed by atoms with Crippen molar-refractivity contribution in [2.75, 3.05) is 49.1 Å². The van der Waals surface area contributed by atoms with Crippen molar-refractivity contribution in [2.24, 2.45) is 5.14 Å². The molecule has 0 radical (unpaired) electrons. The lowest BCUT2D eigenvalue weighted by Crippen LogP contribution is -2.49. The molecule has 0 spiro atoms. The van der Waals surface area contributed by atoms with Crippen LogP contribution < -0.4 is 14.9 Å². The van der Waals surface area contributed by atoms with Crippen LogP contribution in [0.25, 0.3) is 0 Å². The number of halogens is 1. The molecular weight excluding hydrogens is 445 g/mol. The van der Waals surface area contributed by atoms with Crippen LogP contribution in [0.1, 0.15) is 24.0 Å². The number of benzene rings is 2. The largest absolute Gasteiger partial charge is 0.371 e. The maximum absolute atomic E-state index is 14.0. The number of amides is 1. The minimum Gasteiger partial charge on any atom is -0.371 e. The van der Waals surface area contributed by atoms with E-state index < -0.39 is 15.8 Å². The van der Waals surface area contributed by atoms with Crippen LogP contribution in [0.2, 0.25) is 0 Å². The molecule has 2 aromatic carbocycles.